The van der Waals surface area contributed by atoms with Crippen molar-refractivity contribution in [1.82, 2.24) is 0 Å². The molecule has 1 aromatic rings. The van der Waals surface area contributed by atoms with Gasteiger partial charge in [-0.25, -0.2) is 0 Å². The molecule has 0 saturated heterocycles. The molecule has 1 aliphatic rings. The Kier molecular flexibility index (Phi) is 3.42. The monoisotopic (exact) mass is 219 g/mol. The fraction of sp³-hybridized carbons (Fsp3) is 0.333. The van der Waals surface area contributed by atoms with E-state index < -0.39 is 0 Å². The summed E-state index contributed by atoms with van der Waals surface area (Å²) in [5.41, 5.74) is 6.90. The van der Waals surface area contributed by atoms with Gasteiger partial charge in [0.05, 0.1) is 6.61 Å². The second-order valence-electron chi connectivity index (χ2n) is 2.93. The molecule has 4 heteroatoms. The van der Waals surface area contributed by atoms with Gasteiger partial charge in [0, 0.05) is 23.0 Å². The van der Waals surface area contributed by atoms with Crippen LogP contribution >= 0.6 is 24.0 Å². The minimum Gasteiger partial charge on any atom is -0.493 e. The Balaban J connectivity index is 0.000000845. The SMILES string of the molecule is Cl.N[C@@H]1CCOc2ccc(Cl)cc21. The summed E-state index contributed by atoms with van der Waals surface area (Å²) in [7, 11) is 0. The van der Waals surface area contributed by atoms with Gasteiger partial charge in [0.15, 0.2) is 0 Å². The van der Waals surface area contributed by atoms with Crippen LogP contribution < -0.4 is 10.5 Å². The van der Waals surface area contributed by atoms with Crippen LogP contribution in [0.3, 0.4) is 0 Å². The molecule has 0 fully saturated rings. The zero-order valence-electron chi connectivity index (χ0n) is 7.00. The maximum Gasteiger partial charge on any atom is 0.124 e. The van der Waals surface area contributed by atoms with Gasteiger partial charge in [-0.05, 0) is 18.2 Å². The van der Waals surface area contributed by atoms with Crippen molar-refractivity contribution in [3.05, 3.63) is 28.8 Å². The minimum absolute atomic E-state index is 0. The van der Waals surface area contributed by atoms with Crippen molar-refractivity contribution < 1.29 is 4.74 Å². The third-order valence-electron chi connectivity index (χ3n) is 2.06. The predicted octanol–water partition coefficient (Wildman–Crippen LogP) is 2.54. The molecular formula is C9H11Cl2NO. The first-order chi connectivity index (χ1) is 5.77. The Bertz CT molecular complexity index is 304. The van der Waals surface area contributed by atoms with E-state index in [2.05, 4.69) is 0 Å². The second-order valence-corrected chi connectivity index (χ2v) is 3.36. The lowest BCUT2D eigenvalue weighted by Crippen LogP contribution is -2.20. The molecule has 0 aliphatic carbocycles. The third kappa shape index (κ3) is 2.08. The van der Waals surface area contributed by atoms with Gasteiger partial charge in [0.2, 0.25) is 0 Å². The molecule has 0 amide bonds. The van der Waals surface area contributed by atoms with Crippen molar-refractivity contribution >= 4 is 24.0 Å². The molecule has 1 aromatic carbocycles. The first kappa shape index (κ1) is 10.6. The van der Waals surface area contributed by atoms with Gasteiger partial charge in [-0.3, -0.25) is 0 Å². The minimum atomic E-state index is 0. The number of rotatable bonds is 0. The molecule has 0 unspecified atom stereocenters. The van der Waals surface area contributed by atoms with Crippen LogP contribution in [-0.4, -0.2) is 6.61 Å². The number of nitrogens with two attached hydrogens (primary N) is 1. The molecular weight excluding hydrogens is 209 g/mol. The molecule has 2 rings (SSSR count). The maximum absolute atomic E-state index is 5.88. The largest absolute Gasteiger partial charge is 0.493 e. The maximum atomic E-state index is 5.88. The van der Waals surface area contributed by atoms with E-state index in [-0.39, 0.29) is 18.4 Å². The van der Waals surface area contributed by atoms with Crippen LogP contribution in [0.2, 0.25) is 5.02 Å². The Hall–Kier alpha value is -0.440. The number of benzene rings is 1. The van der Waals surface area contributed by atoms with E-state index in [0.717, 1.165) is 22.8 Å². The van der Waals surface area contributed by atoms with E-state index in [9.17, 15) is 0 Å². The molecule has 1 aliphatic heterocycles. The Morgan fingerprint density at radius 1 is 1.46 bits per heavy atom. The van der Waals surface area contributed by atoms with Crippen molar-refractivity contribution in [3.63, 3.8) is 0 Å². The van der Waals surface area contributed by atoms with Crippen molar-refractivity contribution in [3.8, 4) is 5.75 Å². The van der Waals surface area contributed by atoms with E-state index in [1.165, 1.54) is 0 Å². The molecule has 0 bridgehead atoms. The van der Waals surface area contributed by atoms with Crippen LogP contribution in [0, 0.1) is 0 Å². The second kappa shape index (κ2) is 4.18. The highest BCUT2D eigenvalue weighted by atomic mass is 35.5. The average Bonchev–Trinajstić information content (AvgIpc) is 2.07. The highest BCUT2D eigenvalue weighted by Gasteiger charge is 2.17. The van der Waals surface area contributed by atoms with Crippen LogP contribution in [-0.2, 0) is 0 Å². The summed E-state index contributed by atoms with van der Waals surface area (Å²) in [6.07, 6.45) is 0.868. The normalized spacial score (nSPS) is 19.7. The zero-order chi connectivity index (χ0) is 8.55. The molecule has 0 saturated carbocycles. The van der Waals surface area contributed by atoms with Crippen LogP contribution in [0.5, 0.6) is 5.75 Å². The van der Waals surface area contributed by atoms with E-state index in [0.29, 0.717) is 6.61 Å². The topological polar surface area (TPSA) is 35.2 Å². The van der Waals surface area contributed by atoms with E-state index in [1.807, 2.05) is 18.2 Å². The number of halogens is 2. The summed E-state index contributed by atoms with van der Waals surface area (Å²) in [5.74, 6) is 0.873. The predicted molar refractivity (Wildman–Crippen MR) is 55.7 cm³/mol. The van der Waals surface area contributed by atoms with Crippen LogP contribution in [0.25, 0.3) is 0 Å². The molecule has 13 heavy (non-hydrogen) atoms. The van der Waals surface area contributed by atoms with Gasteiger partial charge < -0.3 is 10.5 Å². The van der Waals surface area contributed by atoms with Crippen molar-refractivity contribution in [2.24, 2.45) is 5.73 Å². The first-order valence-electron chi connectivity index (χ1n) is 3.95. The lowest BCUT2D eigenvalue weighted by atomic mass is 10.0. The lowest BCUT2D eigenvalue weighted by Gasteiger charge is -2.22. The van der Waals surface area contributed by atoms with Crippen LogP contribution in [0.4, 0.5) is 0 Å². The van der Waals surface area contributed by atoms with Gasteiger partial charge in [0.1, 0.15) is 5.75 Å². The highest BCUT2D eigenvalue weighted by molar-refractivity contribution is 6.30. The summed E-state index contributed by atoms with van der Waals surface area (Å²) < 4.78 is 5.41. The molecule has 2 nitrogen and oxygen atoms in total. The van der Waals surface area contributed by atoms with Gasteiger partial charge in [-0.15, -0.1) is 12.4 Å². The molecule has 1 atom stereocenters. The molecule has 72 valence electrons. The van der Waals surface area contributed by atoms with Gasteiger partial charge in [0.25, 0.3) is 0 Å². The van der Waals surface area contributed by atoms with Crippen molar-refractivity contribution in [2.45, 2.75) is 12.5 Å². The highest BCUT2D eigenvalue weighted by Crippen LogP contribution is 2.32. The summed E-state index contributed by atoms with van der Waals surface area (Å²) >= 11 is 5.83. The summed E-state index contributed by atoms with van der Waals surface area (Å²) in [5, 5.41) is 0.717. The number of ether oxygens (including phenoxy) is 1. The standard InChI is InChI=1S/C9H10ClNO.ClH/c10-6-1-2-9-7(5-6)8(11)3-4-12-9;/h1-2,5,8H,3-4,11H2;1H/t8-;/m1./s1. The van der Waals surface area contributed by atoms with Crippen molar-refractivity contribution in [1.29, 1.82) is 0 Å². The van der Waals surface area contributed by atoms with Gasteiger partial charge in [-0.2, -0.15) is 0 Å². The molecule has 1 heterocycles. The Labute approximate surface area is 88.4 Å². The number of hydrogen-bond donors (Lipinski definition) is 1. The fourth-order valence-electron chi connectivity index (χ4n) is 1.39. The molecule has 0 spiro atoms. The van der Waals surface area contributed by atoms with E-state index in [4.69, 9.17) is 22.1 Å². The smallest absolute Gasteiger partial charge is 0.124 e. The lowest BCUT2D eigenvalue weighted by molar-refractivity contribution is 0.269. The molecule has 0 aromatic heterocycles. The van der Waals surface area contributed by atoms with E-state index >= 15 is 0 Å². The Morgan fingerprint density at radius 3 is 3.00 bits per heavy atom. The van der Waals surface area contributed by atoms with Crippen LogP contribution in [0.15, 0.2) is 18.2 Å². The van der Waals surface area contributed by atoms with Crippen LogP contribution in [0.1, 0.15) is 18.0 Å². The third-order valence-corrected chi connectivity index (χ3v) is 2.29. The Morgan fingerprint density at radius 2 is 2.23 bits per heavy atom. The summed E-state index contributed by atoms with van der Waals surface area (Å²) in [6.45, 7) is 0.704. The fourth-order valence-corrected chi connectivity index (χ4v) is 1.57. The molecule has 2 N–H and O–H groups in total. The quantitative estimate of drug-likeness (QED) is 0.729. The zero-order valence-corrected chi connectivity index (χ0v) is 8.57. The number of fused-ring (bicyclic) bond motifs is 1. The van der Waals surface area contributed by atoms with Gasteiger partial charge in [-0.1, -0.05) is 11.6 Å². The van der Waals surface area contributed by atoms with Gasteiger partial charge >= 0.3 is 0 Å². The summed E-state index contributed by atoms with van der Waals surface area (Å²) in [6, 6.07) is 5.64. The van der Waals surface area contributed by atoms with Crippen molar-refractivity contribution in [2.75, 3.05) is 6.61 Å². The molecule has 0 radical (unpaired) electrons. The summed E-state index contributed by atoms with van der Waals surface area (Å²) in [4.78, 5) is 0. The average molecular weight is 220 g/mol. The van der Waals surface area contributed by atoms with E-state index in [1.54, 1.807) is 0 Å². The first-order valence-corrected chi connectivity index (χ1v) is 4.33. The number of hydrogen-bond acceptors (Lipinski definition) is 2.